The smallest absolute Gasteiger partial charge is 0.0595 e. The molecular weight excluding hydrogens is 279 g/mol. The van der Waals surface area contributed by atoms with E-state index in [-0.39, 0.29) is 0 Å². The van der Waals surface area contributed by atoms with Gasteiger partial charge < -0.3 is 5.32 Å². The van der Waals surface area contributed by atoms with E-state index >= 15 is 0 Å². The summed E-state index contributed by atoms with van der Waals surface area (Å²) in [4.78, 5) is 2.56. The number of hydrogen-bond acceptors (Lipinski definition) is 2. The minimum atomic E-state index is 0.405. The fourth-order valence-electron chi connectivity index (χ4n) is 3.38. The Kier molecular flexibility index (Phi) is 4.04. The van der Waals surface area contributed by atoms with E-state index in [9.17, 15) is 0 Å². The maximum absolute atomic E-state index is 6.12. The second-order valence-corrected chi connectivity index (χ2v) is 6.58. The van der Waals surface area contributed by atoms with Gasteiger partial charge in [-0.05, 0) is 49.9 Å². The van der Waals surface area contributed by atoms with Crippen LogP contribution in [-0.2, 0) is 0 Å². The molecule has 2 saturated heterocycles. The number of piperidine rings is 1. The van der Waals surface area contributed by atoms with E-state index in [2.05, 4.69) is 23.2 Å². The van der Waals surface area contributed by atoms with Crippen LogP contribution >= 0.6 is 23.2 Å². The summed E-state index contributed by atoms with van der Waals surface area (Å²) in [6, 6.07) is 7.08. The highest BCUT2D eigenvalue weighted by Gasteiger charge is 2.36. The van der Waals surface area contributed by atoms with E-state index in [1.165, 1.54) is 31.5 Å². The highest BCUT2D eigenvalue weighted by atomic mass is 35.5. The number of rotatable bonds is 2. The highest BCUT2D eigenvalue weighted by Crippen LogP contribution is 2.33. The van der Waals surface area contributed by atoms with E-state index in [4.69, 9.17) is 23.2 Å². The van der Waals surface area contributed by atoms with Crippen LogP contribution in [0.15, 0.2) is 18.2 Å². The van der Waals surface area contributed by atoms with Gasteiger partial charge in [0, 0.05) is 25.2 Å². The Balaban J connectivity index is 1.73. The molecule has 1 unspecified atom stereocenters. The Morgan fingerprint density at radius 2 is 2.11 bits per heavy atom. The van der Waals surface area contributed by atoms with Gasteiger partial charge in [0.25, 0.3) is 0 Å². The summed E-state index contributed by atoms with van der Waals surface area (Å²) >= 11 is 12.1. The first-order valence-corrected chi connectivity index (χ1v) is 7.83. The van der Waals surface area contributed by atoms with Crippen molar-refractivity contribution in [2.75, 3.05) is 19.6 Å². The molecule has 4 heteroatoms. The summed E-state index contributed by atoms with van der Waals surface area (Å²) in [6.07, 6.45) is 2.68. The molecule has 3 atom stereocenters. The van der Waals surface area contributed by atoms with Gasteiger partial charge in [-0.15, -0.1) is 0 Å². The SMILES string of the molecule is CC(c1ccc(Cl)c(Cl)c1)N1C[C@@H]2CCCN[C@@H]2C1. The van der Waals surface area contributed by atoms with Crippen molar-refractivity contribution in [3.63, 3.8) is 0 Å². The lowest BCUT2D eigenvalue weighted by Crippen LogP contribution is -2.40. The average Bonchev–Trinajstić information content (AvgIpc) is 2.85. The Morgan fingerprint density at radius 3 is 2.84 bits per heavy atom. The van der Waals surface area contributed by atoms with Crippen molar-refractivity contribution in [3.8, 4) is 0 Å². The quantitative estimate of drug-likeness (QED) is 0.895. The summed E-state index contributed by atoms with van der Waals surface area (Å²) in [5, 5.41) is 4.94. The van der Waals surface area contributed by atoms with E-state index in [1.54, 1.807) is 0 Å². The molecule has 2 nitrogen and oxygen atoms in total. The van der Waals surface area contributed by atoms with Gasteiger partial charge >= 0.3 is 0 Å². The Bertz CT molecular complexity index is 449. The van der Waals surface area contributed by atoms with E-state index in [0.29, 0.717) is 22.1 Å². The molecule has 0 aliphatic carbocycles. The molecule has 1 N–H and O–H groups in total. The second-order valence-electron chi connectivity index (χ2n) is 5.77. The number of hydrogen-bond donors (Lipinski definition) is 1. The van der Waals surface area contributed by atoms with Crippen molar-refractivity contribution < 1.29 is 0 Å². The zero-order valence-electron chi connectivity index (χ0n) is 11.2. The lowest BCUT2D eigenvalue weighted by molar-refractivity contribution is 0.251. The normalized spacial score (nSPS) is 29.2. The van der Waals surface area contributed by atoms with Crippen LogP contribution in [0.1, 0.15) is 31.4 Å². The van der Waals surface area contributed by atoms with Crippen LogP contribution in [0.25, 0.3) is 0 Å². The van der Waals surface area contributed by atoms with Gasteiger partial charge in [-0.2, -0.15) is 0 Å². The minimum absolute atomic E-state index is 0.405. The molecule has 0 bridgehead atoms. The topological polar surface area (TPSA) is 15.3 Å². The van der Waals surface area contributed by atoms with E-state index in [0.717, 1.165) is 12.5 Å². The molecule has 0 amide bonds. The van der Waals surface area contributed by atoms with E-state index in [1.807, 2.05) is 12.1 Å². The highest BCUT2D eigenvalue weighted by molar-refractivity contribution is 6.42. The fourth-order valence-corrected chi connectivity index (χ4v) is 3.69. The largest absolute Gasteiger partial charge is 0.312 e. The standard InChI is InChI=1S/C15H20Cl2N2/c1-10(11-4-5-13(16)14(17)7-11)19-8-12-3-2-6-18-15(12)9-19/h4-5,7,10,12,15,18H,2-3,6,8-9H2,1H3/t10?,12-,15+/m0/s1. The maximum Gasteiger partial charge on any atom is 0.0595 e. The van der Waals surface area contributed by atoms with Crippen molar-refractivity contribution in [2.45, 2.75) is 31.8 Å². The van der Waals surface area contributed by atoms with Crippen LogP contribution in [0.2, 0.25) is 10.0 Å². The molecule has 2 heterocycles. The third-order valence-electron chi connectivity index (χ3n) is 4.60. The van der Waals surface area contributed by atoms with E-state index < -0.39 is 0 Å². The first-order chi connectivity index (χ1) is 9.15. The monoisotopic (exact) mass is 298 g/mol. The van der Waals surface area contributed by atoms with Gasteiger partial charge in [-0.1, -0.05) is 29.3 Å². The third kappa shape index (κ3) is 2.78. The predicted octanol–water partition coefficient (Wildman–Crippen LogP) is 3.74. The molecule has 0 aromatic heterocycles. The molecule has 0 saturated carbocycles. The molecule has 1 aromatic rings. The Labute approximate surface area is 125 Å². The Morgan fingerprint density at radius 1 is 1.26 bits per heavy atom. The van der Waals surface area contributed by atoms with Crippen LogP contribution in [0, 0.1) is 5.92 Å². The molecule has 3 rings (SSSR count). The first-order valence-electron chi connectivity index (χ1n) is 7.07. The third-order valence-corrected chi connectivity index (χ3v) is 5.34. The van der Waals surface area contributed by atoms with Gasteiger partial charge in [0.15, 0.2) is 0 Å². The van der Waals surface area contributed by atoms with Gasteiger partial charge in [0.1, 0.15) is 0 Å². The van der Waals surface area contributed by atoms with Crippen molar-refractivity contribution >= 4 is 23.2 Å². The van der Waals surface area contributed by atoms with Crippen molar-refractivity contribution in [3.05, 3.63) is 33.8 Å². The van der Waals surface area contributed by atoms with Crippen LogP contribution in [-0.4, -0.2) is 30.6 Å². The lowest BCUT2D eigenvalue weighted by atomic mass is 9.94. The van der Waals surface area contributed by atoms with Crippen LogP contribution in [0.5, 0.6) is 0 Å². The van der Waals surface area contributed by atoms with Crippen LogP contribution < -0.4 is 5.32 Å². The summed E-state index contributed by atoms with van der Waals surface area (Å²) in [5.74, 6) is 0.818. The maximum atomic E-state index is 6.12. The molecule has 104 valence electrons. The number of halogens is 2. The molecular formula is C15H20Cl2N2. The number of benzene rings is 1. The first kappa shape index (κ1) is 13.7. The summed E-state index contributed by atoms with van der Waals surface area (Å²) < 4.78 is 0. The summed E-state index contributed by atoms with van der Waals surface area (Å²) in [7, 11) is 0. The minimum Gasteiger partial charge on any atom is -0.312 e. The molecule has 0 spiro atoms. The zero-order valence-corrected chi connectivity index (χ0v) is 12.7. The van der Waals surface area contributed by atoms with Crippen LogP contribution in [0.3, 0.4) is 0 Å². The van der Waals surface area contributed by atoms with Gasteiger partial charge in [0.05, 0.1) is 10.0 Å². The van der Waals surface area contributed by atoms with Gasteiger partial charge in [-0.25, -0.2) is 0 Å². The van der Waals surface area contributed by atoms with Crippen molar-refractivity contribution in [1.82, 2.24) is 10.2 Å². The number of fused-ring (bicyclic) bond motifs is 1. The predicted molar refractivity (Wildman–Crippen MR) is 81.0 cm³/mol. The summed E-state index contributed by atoms with van der Waals surface area (Å²) in [6.45, 7) is 5.78. The second kappa shape index (κ2) is 5.61. The number of likely N-dealkylation sites (tertiary alicyclic amines) is 1. The van der Waals surface area contributed by atoms with Crippen molar-refractivity contribution in [2.24, 2.45) is 5.92 Å². The van der Waals surface area contributed by atoms with Crippen molar-refractivity contribution in [1.29, 1.82) is 0 Å². The summed E-state index contributed by atoms with van der Waals surface area (Å²) in [5.41, 5.74) is 1.26. The van der Waals surface area contributed by atoms with Gasteiger partial charge in [-0.3, -0.25) is 4.90 Å². The molecule has 19 heavy (non-hydrogen) atoms. The Hall–Kier alpha value is -0.280. The molecule has 2 fully saturated rings. The number of nitrogens with zero attached hydrogens (tertiary/aromatic N) is 1. The molecule has 2 aliphatic rings. The molecule has 0 radical (unpaired) electrons. The van der Waals surface area contributed by atoms with Crippen LogP contribution in [0.4, 0.5) is 0 Å². The fraction of sp³-hybridized carbons (Fsp3) is 0.600. The zero-order chi connectivity index (χ0) is 13.4. The lowest BCUT2D eigenvalue weighted by Gasteiger charge is -2.25. The molecule has 1 aromatic carbocycles. The average molecular weight is 299 g/mol. The number of nitrogens with one attached hydrogen (secondary N) is 1. The van der Waals surface area contributed by atoms with Gasteiger partial charge in [0.2, 0.25) is 0 Å². The molecule has 2 aliphatic heterocycles.